The van der Waals surface area contributed by atoms with Crippen LogP contribution in [0, 0.1) is 0 Å². The van der Waals surface area contributed by atoms with E-state index in [-0.39, 0.29) is 0 Å². The highest BCUT2D eigenvalue weighted by molar-refractivity contribution is 5.91. The number of hydrogen-bond acceptors (Lipinski definition) is 4. The summed E-state index contributed by atoms with van der Waals surface area (Å²) in [7, 11) is 2.69. The Kier molecular flexibility index (Phi) is 4.15. The SMILES string of the molecule is COC(=O)[C@@H]1c2ccccc2Cc2ccccc2[C@H]1C(=O)OC. The second-order valence-corrected chi connectivity index (χ2v) is 5.58. The van der Waals surface area contributed by atoms with Gasteiger partial charge in [0.1, 0.15) is 0 Å². The number of hydrogen-bond donors (Lipinski definition) is 0. The topological polar surface area (TPSA) is 52.6 Å². The number of methoxy groups -OCH3 is 2. The van der Waals surface area contributed by atoms with Crippen LogP contribution in [0.15, 0.2) is 48.5 Å². The van der Waals surface area contributed by atoms with E-state index in [4.69, 9.17) is 9.47 Å². The minimum atomic E-state index is -0.702. The highest BCUT2D eigenvalue weighted by atomic mass is 16.5. The van der Waals surface area contributed by atoms with Crippen molar-refractivity contribution < 1.29 is 19.1 Å². The van der Waals surface area contributed by atoms with Crippen LogP contribution in [-0.4, -0.2) is 26.2 Å². The second-order valence-electron chi connectivity index (χ2n) is 5.58. The van der Waals surface area contributed by atoms with Gasteiger partial charge in [0.25, 0.3) is 0 Å². The van der Waals surface area contributed by atoms with Gasteiger partial charge in [-0.2, -0.15) is 0 Å². The predicted molar refractivity (Wildman–Crippen MR) is 85.2 cm³/mol. The van der Waals surface area contributed by atoms with E-state index >= 15 is 0 Å². The summed E-state index contributed by atoms with van der Waals surface area (Å²) in [5.74, 6) is -2.26. The third-order valence-corrected chi connectivity index (χ3v) is 4.40. The molecule has 0 aliphatic heterocycles. The molecule has 0 saturated carbocycles. The van der Waals surface area contributed by atoms with Crippen molar-refractivity contribution in [1.29, 1.82) is 0 Å². The molecule has 118 valence electrons. The Hall–Kier alpha value is -2.62. The predicted octanol–water partition coefficient (Wildman–Crippen LogP) is 2.80. The lowest BCUT2D eigenvalue weighted by Crippen LogP contribution is -2.28. The molecule has 4 nitrogen and oxygen atoms in total. The van der Waals surface area contributed by atoms with Crippen LogP contribution >= 0.6 is 0 Å². The van der Waals surface area contributed by atoms with Gasteiger partial charge in [-0.05, 0) is 28.7 Å². The highest BCUT2D eigenvalue weighted by Crippen LogP contribution is 2.41. The van der Waals surface area contributed by atoms with Gasteiger partial charge in [-0.15, -0.1) is 0 Å². The van der Waals surface area contributed by atoms with Crippen molar-refractivity contribution in [1.82, 2.24) is 0 Å². The zero-order valence-electron chi connectivity index (χ0n) is 13.1. The maximum atomic E-state index is 12.5. The van der Waals surface area contributed by atoms with Crippen LogP contribution < -0.4 is 0 Å². The number of carbonyl (C=O) groups excluding carboxylic acids is 2. The zero-order valence-corrected chi connectivity index (χ0v) is 13.1. The maximum absolute atomic E-state index is 12.5. The molecule has 0 amide bonds. The molecular weight excluding hydrogens is 292 g/mol. The summed E-state index contributed by atoms with van der Waals surface area (Å²) < 4.78 is 9.99. The van der Waals surface area contributed by atoms with E-state index < -0.39 is 23.8 Å². The van der Waals surface area contributed by atoms with E-state index in [1.54, 1.807) is 0 Å². The minimum Gasteiger partial charge on any atom is -0.469 e. The monoisotopic (exact) mass is 310 g/mol. The van der Waals surface area contributed by atoms with Crippen molar-refractivity contribution in [2.75, 3.05) is 14.2 Å². The molecule has 0 heterocycles. The van der Waals surface area contributed by atoms with E-state index in [1.807, 2.05) is 48.5 Å². The number of fused-ring (bicyclic) bond motifs is 2. The molecule has 0 N–H and O–H groups in total. The van der Waals surface area contributed by atoms with Crippen LogP contribution in [0.3, 0.4) is 0 Å². The molecule has 4 heteroatoms. The molecule has 0 saturated heterocycles. The zero-order chi connectivity index (χ0) is 16.4. The van der Waals surface area contributed by atoms with Gasteiger partial charge in [0, 0.05) is 0 Å². The summed E-state index contributed by atoms with van der Waals surface area (Å²) in [4.78, 5) is 25.0. The Labute approximate surface area is 135 Å². The average Bonchev–Trinajstić information content (AvgIpc) is 2.74. The van der Waals surface area contributed by atoms with Gasteiger partial charge >= 0.3 is 11.9 Å². The second kappa shape index (κ2) is 6.24. The van der Waals surface area contributed by atoms with Crippen molar-refractivity contribution in [3.05, 3.63) is 70.8 Å². The van der Waals surface area contributed by atoms with Crippen molar-refractivity contribution in [3.63, 3.8) is 0 Å². The first-order valence-electron chi connectivity index (χ1n) is 7.48. The molecule has 0 bridgehead atoms. The van der Waals surface area contributed by atoms with Gasteiger partial charge in [0.2, 0.25) is 0 Å². The summed E-state index contributed by atoms with van der Waals surface area (Å²) in [6.07, 6.45) is 0.674. The molecule has 0 fully saturated rings. The van der Waals surface area contributed by atoms with E-state index in [0.717, 1.165) is 22.3 Å². The van der Waals surface area contributed by atoms with E-state index in [0.29, 0.717) is 6.42 Å². The van der Waals surface area contributed by atoms with E-state index in [1.165, 1.54) is 14.2 Å². The van der Waals surface area contributed by atoms with Gasteiger partial charge in [-0.3, -0.25) is 9.59 Å². The van der Waals surface area contributed by atoms with E-state index in [2.05, 4.69) is 0 Å². The first kappa shape index (κ1) is 15.3. The van der Waals surface area contributed by atoms with Crippen LogP contribution in [-0.2, 0) is 25.5 Å². The minimum absolute atomic E-state index is 0.426. The van der Waals surface area contributed by atoms with Gasteiger partial charge < -0.3 is 9.47 Å². The maximum Gasteiger partial charge on any atom is 0.314 e. The summed E-state index contributed by atoms with van der Waals surface area (Å²) in [6.45, 7) is 0. The molecule has 1 aliphatic carbocycles. The van der Waals surface area contributed by atoms with Crippen LogP contribution in [0.2, 0.25) is 0 Å². The molecular formula is C19H18O4. The van der Waals surface area contributed by atoms with Gasteiger partial charge in [0.15, 0.2) is 0 Å². The van der Waals surface area contributed by atoms with E-state index in [9.17, 15) is 9.59 Å². The lowest BCUT2D eigenvalue weighted by atomic mass is 9.81. The van der Waals surface area contributed by atoms with Crippen molar-refractivity contribution in [3.8, 4) is 0 Å². The van der Waals surface area contributed by atoms with Crippen LogP contribution in [0.5, 0.6) is 0 Å². The molecule has 2 atom stereocenters. The smallest absolute Gasteiger partial charge is 0.314 e. The summed E-state index contributed by atoms with van der Waals surface area (Å²) >= 11 is 0. The van der Waals surface area contributed by atoms with Gasteiger partial charge in [0.05, 0.1) is 26.1 Å². The number of esters is 2. The van der Waals surface area contributed by atoms with Crippen LogP contribution in [0.1, 0.15) is 34.1 Å². The molecule has 0 spiro atoms. The highest BCUT2D eigenvalue weighted by Gasteiger charge is 2.41. The normalized spacial score (nSPS) is 19.0. The van der Waals surface area contributed by atoms with Gasteiger partial charge in [-0.1, -0.05) is 48.5 Å². The van der Waals surface area contributed by atoms with Crippen molar-refractivity contribution in [2.45, 2.75) is 18.3 Å². The first-order valence-corrected chi connectivity index (χ1v) is 7.48. The molecule has 0 aromatic heterocycles. The first-order chi connectivity index (χ1) is 11.2. The van der Waals surface area contributed by atoms with Crippen LogP contribution in [0.25, 0.3) is 0 Å². The summed E-state index contributed by atoms with van der Waals surface area (Å²) in [6, 6.07) is 15.4. The standard InChI is InChI=1S/C19H18O4/c1-22-18(20)16-14-9-5-3-7-12(14)11-13-8-4-6-10-15(13)17(16)19(21)23-2/h3-10,16-17H,11H2,1-2H3/t16-,17-/m1/s1. The molecule has 23 heavy (non-hydrogen) atoms. The third-order valence-electron chi connectivity index (χ3n) is 4.40. The molecule has 0 unspecified atom stereocenters. The lowest BCUT2D eigenvalue weighted by molar-refractivity contribution is -0.150. The summed E-state index contributed by atoms with van der Waals surface area (Å²) in [5.41, 5.74) is 3.71. The Morgan fingerprint density at radius 1 is 0.783 bits per heavy atom. The lowest BCUT2D eigenvalue weighted by Gasteiger charge is -2.23. The quantitative estimate of drug-likeness (QED) is 0.800. The average molecular weight is 310 g/mol. The Bertz CT molecular complexity index is 687. The summed E-state index contributed by atoms with van der Waals surface area (Å²) in [5, 5.41) is 0. The van der Waals surface area contributed by atoms with Gasteiger partial charge in [-0.25, -0.2) is 0 Å². The number of benzene rings is 2. The van der Waals surface area contributed by atoms with Crippen molar-refractivity contribution >= 4 is 11.9 Å². The third kappa shape index (κ3) is 2.61. The fourth-order valence-electron chi connectivity index (χ4n) is 3.34. The molecule has 3 rings (SSSR count). The molecule has 0 radical (unpaired) electrons. The number of carbonyl (C=O) groups is 2. The molecule has 2 aromatic carbocycles. The van der Waals surface area contributed by atoms with Crippen LogP contribution in [0.4, 0.5) is 0 Å². The molecule has 2 aromatic rings. The Balaban J connectivity index is 2.28. The Morgan fingerprint density at radius 3 is 1.57 bits per heavy atom. The number of rotatable bonds is 2. The van der Waals surface area contributed by atoms with Crippen molar-refractivity contribution in [2.24, 2.45) is 0 Å². The number of ether oxygens (including phenoxy) is 2. The fourth-order valence-corrected chi connectivity index (χ4v) is 3.34. The largest absolute Gasteiger partial charge is 0.469 e. The molecule has 1 aliphatic rings. The fraction of sp³-hybridized carbons (Fsp3) is 0.263. The Morgan fingerprint density at radius 2 is 1.17 bits per heavy atom.